The maximum absolute atomic E-state index is 11.8. The monoisotopic (exact) mass is 303 g/mol. The molecule has 0 heterocycles. The van der Waals surface area contributed by atoms with Crippen molar-refractivity contribution in [3.63, 3.8) is 0 Å². The van der Waals surface area contributed by atoms with Gasteiger partial charge in [0.25, 0.3) is 5.91 Å². The fraction of sp³-hybridized carbons (Fsp3) is 0.125. The first-order valence-corrected chi connectivity index (χ1v) is 6.71. The van der Waals surface area contributed by atoms with E-state index in [1.807, 2.05) is 6.92 Å². The van der Waals surface area contributed by atoms with E-state index in [9.17, 15) is 9.59 Å². The molecule has 0 aliphatic carbocycles. The summed E-state index contributed by atoms with van der Waals surface area (Å²) < 4.78 is 5.35. The second kappa shape index (κ2) is 6.90. The molecule has 2 aromatic rings. The van der Waals surface area contributed by atoms with E-state index in [1.165, 1.54) is 0 Å². The number of carbonyl (C=O) groups excluding carboxylic acids is 2. The quantitative estimate of drug-likeness (QED) is 0.860. The summed E-state index contributed by atoms with van der Waals surface area (Å²) >= 11 is 5.99. The van der Waals surface area contributed by atoms with Crippen LogP contribution in [0.15, 0.2) is 42.5 Å². The Bertz CT molecular complexity index is 653. The third-order valence-corrected chi connectivity index (χ3v) is 3.34. The van der Waals surface area contributed by atoms with E-state index in [0.717, 1.165) is 11.8 Å². The Kier molecular flexibility index (Phi) is 4.95. The zero-order valence-corrected chi connectivity index (χ0v) is 12.2. The Hall–Kier alpha value is -2.33. The van der Waals surface area contributed by atoms with Gasteiger partial charge in [0.2, 0.25) is 0 Å². The lowest BCUT2D eigenvalue weighted by Crippen LogP contribution is -2.20. The summed E-state index contributed by atoms with van der Waals surface area (Å²) in [6, 6.07) is 11.8. The molecule has 108 valence electrons. The minimum absolute atomic E-state index is 0.119. The summed E-state index contributed by atoms with van der Waals surface area (Å²) in [7, 11) is 0. The van der Waals surface area contributed by atoms with Crippen molar-refractivity contribution in [3.05, 3.63) is 58.6 Å². The molecule has 1 amide bonds. The molecule has 0 aliphatic heterocycles. The molecular weight excluding hydrogens is 290 g/mol. The van der Waals surface area contributed by atoms with E-state index in [1.54, 1.807) is 42.5 Å². The first-order chi connectivity index (χ1) is 10.1. The molecule has 0 atom stereocenters. The fourth-order valence-corrected chi connectivity index (χ4v) is 1.90. The van der Waals surface area contributed by atoms with Gasteiger partial charge >= 0.3 is 0 Å². The van der Waals surface area contributed by atoms with Crippen molar-refractivity contribution in [2.45, 2.75) is 6.92 Å². The van der Waals surface area contributed by atoms with Gasteiger partial charge in [-0.1, -0.05) is 17.7 Å². The molecule has 0 aromatic heterocycles. The molecule has 21 heavy (non-hydrogen) atoms. The number of aldehydes is 1. The molecule has 2 rings (SSSR count). The van der Waals surface area contributed by atoms with E-state index in [0.29, 0.717) is 22.0 Å². The van der Waals surface area contributed by atoms with Gasteiger partial charge in [-0.25, -0.2) is 0 Å². The molecule has 0 fully saturated rings. The zero-order chi connectivity index (χ0) is 15.2. The van der Waals surface area contributed by atoms with E-state index >= 15 is 0 Å². The van der Waals surface area contributed by atoms with Crippen LogP contribution in [-0.2, 0) is 4.79 Å². The number of rotatable bonds is 5. The van der Waals surface area contributed by atoms with Gasteiger partial charge in [0, 0.05) is 16.3 Å². The van der Waals surface area contributed by atoms with Crippen LogP contribution in [0, 0.1) is 6.92 Å². The van der Waals surface area contributed by atoms with Gasteiger partial charge in [0.15, 0.2) is 6.61 Å². The van der Waals surface area contributed by atoms with Crippen molar-refractivity contribution in [2.24, 2.45) is 0 Å². The Morgan fingerprint density at radius 2 is 1.95 bits per heavy atom. The molecule has 0 radical (unpaired) electrons. The topological polar surface area (TPSA) is 55.4 Å². The minimum Gasteiger partial charge on any atom is -0.484 e. The van der Waals surface area contributed by atoms with Gasteiger partial charge < -0.3 is 10.1 Å². The lowest BCUT2D eigenvalue weighted by atomic mass is 10.2. The SMILES string of the molecule is Cc1c(Cl)cccc1NC(=O)COc1ccc(C=O)cc1. The highest BCUT2D eigenvalue weighted by molar-refractivity contribution is 6.31. The van der Waals surface area contributed by atoms with Gasteiger partial charge in [0.05, 0.1) is 0 Å². The van der Waals surface area contributed by atoms with Crippen molar-refractivity contribution < 1.29 is 14.3 Å². The second-order valence-electron chi connectivity index (χ2n) is 4.44. The van der Waals surface area contributed by atoms with Gasteiger partial charge in [0.1, 0.15) is 12.0 Å². The van der Waals surface area contributed by atoms with Crippen molar-refractivity contribution in [1.29, 1.82) is 0 Å². The van der Waals surface area contributed by atoms with Gasteiger partial charge in [-0.2, -0.15) is 0 Å². The van der Waals surface area contributed by atoms with E-state index in [2.05, 4.69) is 5.32 Å². The number of benzene rings is 2. The average molecular weight is 304 g/mol. The molecule has 1 N–H and O–H groups in total. The van der Waals surface area contributed by atoms with Crippen LogP contribution in [0.5, 0.6) is 5.75 Å². The van der Waals surface area contributed by atoms with Crippen molar-refractivity contribution in [2.75, 3.05) is 11.9 Å². The molecule has 0 aliphatic rings. The minimum atomic E-state index is -0.278. The van der Waals surface area contributed by atoms with Gasteiger partial charge in [-0.05, 0) is 48.9 Å². The first-order valence-electron chi connectivity index (χ1n) is 6.33. The molecule has 0 unspecified atom stereocenters. The lowest BCUT2D eigenvalue weighted by Gasteiger charge is -2.10. The van der Waals surface area contributed by atoms with E-state index in [4.69, 9.17) is 16.3 Å². The van der Waals surface area contributed by atoms with Crippen LogP contribution in [0.2, 0.25) is 5.02 Å². The largest absolute Gasteiger partial charge is 0.484 e. The summed E-state index contributed by atoms with van der Waals surface area (Å²) in [4.78, 5) is 22.4. The number of nitrogens with one attached hydrogen (secondary N) is 1. The summed E-state index contributed by atoms with van der Waals surface area (Å²) in [6.07, 6.45) is 0.748. The maximum atomic E-state index is 11.8. The van der Waals surface area contributed by atoms with Crippen LogP contribution in [0.3, 0.4) is 0 Å². The van der Waals surface area contributed by atoms with E-state index < -0.39 is 0 Å². The fourth-order valence-electron chi connectivity index (χ4n) is 1.72. The second-order valence-corrected chi connectivity index (χ2v) is 4.84. The highest BCUT2D eigenvalue weighted by Crippen LogP contribution is 2.22. The number of ether oxygens (including phenoxy) is 1. The van der Waals surface area contributed by atoms with Crippen LogP contribution in [0.4, 0.5) is 5.69 Å². The van der Waals surface area contributed by atoms with Crippen LogP contribution in [0.25, 0.3) is 0 Å². The predicted octanol–water partition coefficient (Wildman–Crippen LogP) is 3.48. The van der Waals surface area contributed by atoms with Gasteiger partial charge in [-0.15, -0.1) is 0 Å². The third-order valence-electron chi connectivity index (χ3n) is 2.93. The van der Waals surface area contributed by atoms with E-state index in [-0.39, 0.29) is 12.5 Å². The molecule has 0 saturated heterocycles. The zero-order valence-electron chi connectivity index (χ0n) is 11.4. The molecule has 0 spiro atoms. The number of carbonyl (C=O) groups is 2. The van der Waals surface area contributed by atoms with Crippen LogP contribution in [0.1, 0.15) is 15.9 Å². The number of amides is 1. The molecule has 0 bridgehead atoms. The number of halogens is 1. The molecular formula is C16H14ClNO3. The maximum Gasteiger partial charge on any atom is 0.262 e. The number of anilines is 1. The number of hydrogen-bond acceptors (Lipinski definition) is 3. The van der Waals surface area contributed by atoms with Crippen molar-refractivity contribution in [3.8, 4) is 5.75 Å². The molecule has 0 saturated carbocycles. The Morgan fingerprint density at radius 1 is 1.24 bits per heavy atom. The average Bonchev–Trinajstić information content (AvgIpc) is 2.50. The standard InChI is InChI=1S/C16H14ClNO3/c1-11-14(17)3-2-4-15(11)18-16(20)10-21-13-7-5-12(9-19)6-8-13/h2-9H,10H2,1H3,(H,18,20). The summed E-state index contributed by atoms with van der Waals surface area (Å²) in [5, 5.41) is 3.33. The normalized spacial score (nSPS) is 10.0. The van der Waals surface area contributed by atoms with Crippen molar-refractivity contribution in [1.82, 2.24) is 0 Å². The summed E-state index contributed by atoms with van der Waals surface area (Å²) in [5.41, 5.74) is 2.02. The summed E-state index contributed by atoms with van der Waals surface area (Å²) in [6.45, 7) is 1.71. The van der Waals surface area contributed by atoms with Crippen LogP contribution in [-0.4, -0.2) is 18.8 Å². The molecule has 2 aromatic carbocycles. The first kappa shape index (κ1) is 15.1. The van der Waals surface area contributed by atoms with Crippen molar-refractivity contribution >= 4 is 29.5 Å². The Morgan fingerprint density at radius 3 is 2.62 bits per heavy atom. The lowest BCUT2D eigenvalue weighted by molar-refractivity contribution is -0.118. The van der Waals surface area contributed by atoms with Crippen LogP contribution < -0.4 is 10.1 Å². The highest BCUT2D eigenvalue weighted by Gasteiger charge is 2.07. The van der Waals surface area contributed by atoms with Crippen LogP contribution >= 0.6 is 11.6 Å². The Labute approximate surface area is 127 Å². The highest BCUT2D eigenvalue weighted by atomic mass is 35.5. The molecule has 5 heteroatoms. The summed E-state index contributed by atoms with van der Waals surface area (Å²) in [5.74, 6) is 0.249. The molecule has 4 nitrogen and oxygen atoms in total. The predicted molar refractivity (Wildman–Crippen MR) is 82.1 cm³/mol. The van der Waals surface area contributed by atoms with Gasteiger partial charge in [-0.3, -0.25) is 9.59 Å². The third kappa shape index (κ3) is 4.07. The smallest absolute Gasteiger partial charge is 0.262 e. The Balaban J connectivity index is 1.92. The number of hydrogen-bond donors (Lipinski definition) is 1.